The van der Waals surface area contributed by atoms with Crippen LogP contribution in [-0.2, 0) is 17.8 Å². The molecule has 1 N–H and O–H groups in total. The SMILES string of the molecule is COc1ccc(CCNC(=O)C[n+]2cccc(C(C)=O)c2)cc1OC. The van der Waals surface area contributed by atoms with E-state index in [1.54, 1.807) is 43.3 Å². The van der Waals surface area contributed by atoms with Crippen LogP contribution in [-0.4, -0.2) is 32.5 Å². The van der Waals surface area contributed by atoms with Gasteiger partial charge in [-0.2, -0.15) is 4.57 Å². The van der Waals surface area contributed by atoms with Crippen molar-refractivity contribution >= 4 is 11.7 Å². The summed E-state index contributed by atoms with van der Waals surface area (Å²) in [5, 5.41) is 2.88. The summed E-state index contributed by atoms with van der Waals surface area (Å²) in [7, 11) is 3.19. The molecule has 0 bridgehead atoms. The Morgan fingerprint density at radius 1 is 1.12 bits per heavy atom. The fourth-order valence-electron chi connectivity index (χ4n) is 2.43. The number of benzene rings is 1. The summed E-state index contributed by atoms with van der Waals surface area (Å²) in [6.07, 6.45) is 4.13. The van der Waals surface area contributed by atoms with Crippen LogP contribution < -0.4 is 19.4 Å². The number of pyridine rings is 1. The monoisotopic (exact) mass is 343 g/mol. The highest BCUT2D eigenvalue weighted by Crippen LogP contribution is 2.27. The van der Waals surface area contributed by atoms with Gasteiger partial charge in [-0.05, 0) is 37.1 Å². The first-order valence-electron chi connectivity index (χ1n) is 8.01. The molecule has 0 saturated heterocycles. The van der Waals surface area contributed by atoms with Crippen LogP contribution >= 0.6 is 0 Å². The summed E-state index contributed by atoms with van der Waals surface area (Å²) in [6.45, 7) is 2.19. The van der Waals surface area contributed by atoms with E-state index in [9.17, 15) is 9.59 Å². The molecule has 1 heterocycles. The highest BCUT2D eigenvalue weighted by molar-refractivity contribution is 5.93. The van der Waals surface area contributed by atoms with Crippen molar-refractivity contribution in [2.75, 3.05) is 20.8 Å². The van der Waals surface area contributed by atoms with Gasteiger partial charge in [0.1, 0.15) is 0 Å². The third kappa shape index (κ3) is 5.31. The number of carbonyl (C=O) groups excluding carboxylic acids is 2. The molecule has 0 unspecified atom stereocenters. The summed E-state index contributed by atoms with van der Waals surface area (Å²) >= 11 is 0. The number of ether oxygens (including phenoxy) is 2. The molecule has 2 rings (SSSR count). The normalized spacial score (nSPS) is 10.2. The number of hydrogen-bond donors (Lipinski definition) is 1. The Bertz CT molecular complexity index is 759. The van der Waals surface area contributed by atoms with E-state index in [1.807, 2.05) is 18.2 Å². The van der Waals surface area contributed by atoms with Gasteiger partial charge in [-0.15, -0.1) is 0 Å². The number of methoxy groups -OCH3 is 2. The largest absolute Gasteiger partial charge is 0.493 e. The van der Waals surface area contributed by atoms with Gasteiger partial charge < -0.3 is 14.8 Å². The second-order valence-electron chi connectivity index (χ2n) is 5.61. The molecule has 0 spiro atoms. The smallest absolute Gasteiger partial charge is 0.285 e. The fraction of sp³-hybridized carbons (Fsp3) is 0.316. The van der Waals surface area contributed by atoms with Crippen molar-refractivity contribution in [3.63, 3.8) is 0 Å². The molecule has 0 aliphatic heterocycles. The van der Waals surface area contributed by atoms with Crippen molar-refractivity contribution in [2.24, 2.45) is 0 Å². The van der Waals surface area contributed by atoms with E-state index < -0.39 is 0 Å². The van der Waals surface area contributed by atoms with Gasteiger partial charge >= 0.3 is 0 Å². The van der Waals surface area contributed by atoms with Crippen LogP contribution in [0, 0.1) is 0 Å². The van der Waals surface area contributed by atoms with Crippen LogP contribution in [0.5, 0.6) is 11.5 Å². The summed E-state index contributed by atoms with van der Waals surface area (Å²) in [6, 6.07) is 9.18. The lowest BCUT2D eigenvalue weighted by molar-refractivity contribution is -0.684. The Labute approximate surface area is 147 Å². The van der Waals surface area contributed by atoms with Crippen LogP contribution in [0.3, 0.4) is 0 Å². The Morgan fingerprint density at radius 3 is 2.56 bits per heavy atom. The lowest BCUT2D eigenvalue weighted by atomic mass is 10.1. The second-order valence-corrected chi connectivity index (χ2v) is 5.61. The molecule has 0 atom stereocenters. The average molecular weight is 343 g/mol. The molecular weight excluding hydrogens is 320 g/mol. The van der Waals surface area contributed by atoms with Gasteiger partial charge in [-0.1, -0.05) is 6.07 Å². The molecule has 132 valence electrons. The number of nitrogens with zero attached hydrogens (tertiary/aromatic N) is 1. The van der Waals surface area contributed by atoms with E-state index in [-0.39, 0.29) is 18.2 Å². The van der Waals surface area contributed by atoms with E-state index in [2.05, 4.69) is 5.32 Å². The van der Waals surface area contributed by atoms with Crippen LogP contribution in [0.15, 0.2) is 42.7 Å². The van der Waals surface area contributed by atoms with Crippen molar-refractivity contribution in [2.45, 2.75) is 19.9 Å². The highest BCUT2D eigenvalue weighted by Gasteiger charge is 2.11. The van der Waals surface area contributed by atoms with Gasteiger partial charge in [-0.3, -0.25) is 9.59 Å². The molecular formula is C19H23N2O4+. The molecule has 0 fully saturated rings. The van der Waals surface area contributed by atoms with Gasteiger partial charge in [-0.25, -0.2) is 0 Å². The quantitative estimate of drug-likeness (QED) is 0.583. The molecule has 0 aliphatic rings. The summed E-state index contributed by atoms with van der Waals surface area (Å²) in [5.41, 5.74) is 1.63. The predicted molar refractivity (Wildman–Crippen MR) is 92.9 cm³/mol. The minimum absolute atomic E-state index is 0.0248. The van der Waals surface area contributed by atoms with Crippen molar-refractivity contribution in [3.05, 3.63) is 53.9 Å². The summed E-state index contributed by atoms with van der Waals surface area (Å²) < 4.78 is 12.2. The third-order valence-corrected chi connectivity index (χ3v) is 3.77. The van der Waals surface area contributed by atoms with Crippen LogP contribution in [0.25, 0.3) is 0 Å². The van der Waals surface area contributed by atoms with Crippen molar-refractivity contribution < 1.29 is 23.6 Å². The van der Waals surface area contributed by atoms with E-state index in [1.165, 1.54) is 6.92 Å². The van der Waals surface area contributed by atoms with Crippen molar-refractivity contribution in [1.82, 2.24) is 5.32 Å². The minimum Gasteiger partial charge on any atom is -0.493 e. The second kappa shape index (κ2) is 8.82. The third-order valence-electron chi connectivity index (χ3n) is 3.77. The highest BCUT2D eigenvalue weighted by atomic mass is 16.5. The topological polar surface area (TPSA) is 68.5 Å². The van der Waals surface area contributed by atoms with Crippen molar-refractivity contribution in [3.8, 4) is 11.5 Å². The van der Waals surface area contributed by atoms with Crippen molar-refractivity contribution in [1.29, 1.82) is 0 Å². The zero-order valence-electron chi connectivity index (χ0n) is 14.7. The molecule has 0 saturated carbocycles. The molecule has 2 aromatic rings. The lowest BCUT2D eigenvalue weighted by Crippen LogP contribution is -2.43. The average Bonchev–Trinajstić information content (AvgIpc) is 2.61. The number of Topliss-reactive ketones (excluding diaryl/α,β-unsaturated/α-hetero) is 1. The number of aromatic nitrogens is 1. The maximum Gasteiger partial charge on any atom is 0.285 e. The fourth-order valence-corrected chi connectivity index (χ4v) is 2.43. The maximum atomic E-state index is 12.0. The Hall–Kier alpha value is -2.89. The van der Waals surface area contributed by atoms with Crippen LogP contribution in [0.2, 0.25) is 0 Å². The molecule has 6 heteroatoms. The number of ketones is 1. The van der Waals surface area contributed by atoms with E-state index in [0.29, 0.717) is 30.0 Å². The first kappa shape index (κ1) is 18.4. The maximum absolute atomic E-state index is 12.0. The zero-order valence-corrected chi connectivity index (χ0v) is 14.7. The van der Waals surface area contributed by atoms with Crippen LogP contribution in [0.4, 0.5) is 0 Å². The summed E-state index contributed by atoms with van der Waals surface area (Å²) in [5.74, 6) is 1.22. The molecule has 6 nitrogen and oxygen atoms in total. The lowest BCUT2D eigenvalue weighted by Gasteiger charge is -2.09. The summed E-state index contributed by atoms with van der Waals surface area (Å²) in [4.78, 5) is 23.4. The number of hydrogen-bond acceptors (Lipinski definition) is 4. The molecule has 1 aromatic heterocycles. The first-order valence-corrected chi connectivity index (χ1v) is 8.01. The van der Waals surface area contributed by atoms with Gasteiger partial charge in [0.15, 0.2) is 29.7 Å². The molecule has 1 aromatic carbocycles. The van der Waals surface area contributed by atoms with E-state index in [4.69, 9.17) is 9.47 Å². The number of amides is 1. The number of carbonyl (C=O) groups is 2. The number of rotatable bonds is 8. The standard InChI is InChI=1S/C19H22N2O4/c1-14(22)16-5-4-10-21(12-16)13-19(23)20-9-8-15-6-7-17(24-2)18(11-15)25-3/h4-7,10-12H,8-9,13H2,1-3H3/p+1. The zero-order chi connectivity index (χ0) is 18.2. The van der Waals surface area contributed by atoms with Gasteiger partial charge in [0.25, 0.3) is 5.91 Å². The Balaban J connectivity index is 1.86. The van der Waals surface area contributed by atoms with Gasteiger partial charge in [0.05, 0.1) is 19.8 Å². The van der Waals surface area contributed by atoms with E-state index in [0.717, 1.165) is 5.56 Å². The predicted octanol–water partition coefficient (Wildman–Crippen LogP) is 1.55. The Kier molecular flexibility index (Phi) is 6.51. The molecule has 1 amide bonds. The van der Waals surface area contributed by atoms with E-state index >= 15 is 0 Å². The van der Waals surface area contributed by atoms with Gasteiger partial charge in [0.2, 0.25) is 6.54 Å². The Morgan fingerprint density at radius 2 is 1.88 bits per heavy atom. The first-order chi connectivity index (χ1) is 12.0. The molecule has 0 aliphatic carbocycles. The van der Waals surface area contributed by atoms with Crippen LogP contribution in [0.1, 0.15) is 22.8 Å². The number of nitrogens with one attached hydrogen (secondary N) is 1. The van der Waals surface area contributed by atoms with Gasteiger partial charge in [0, 0.05) is 12.6 Å². The molecule has 25 heavy (non-hydrogen) atoms. The molecule has 0 radical (unpaired) electrons. The minimum atomic E-state index is -0.105.